The second kappa shape index (κ2) is 6.34. The lowest BCUT2D eigenvalue weighted by Crippen LogP contribution is -2.14. The van der Waals surface area contributed by atoms with Crippen LogP contribution in [0.5, 0.6) is 0 Å². The van der Waals surface area contributed by atoms with Crippen molar-refractivity contribution in [1.29, 1.82) is 0 Å². The fourth-order valence-electron chi connectivity index (χ4n) is 3.78. The lowest BCUT2D eigenvalue weighted by atomic mass is 9.82. The average Bonchev–Trinajstić information content (AvgIpc) is 2.83. The number of allylic oxidation sites excluding steroid dienone is 2. The molecule has 1 aliphatic carbocycles. The van der Waals surface area contributed by atoms with Crippen molar-refractivity contribution in [3.8, 4) is 5.69 Å². The summed E-state index contributed by atoms with van der Waals surface area (Å²) in [4.78, 5) is 0. The molecule has 0 saturated heterocycles. The Kier molecular flexibility index (Phi) is 4.00. The van der Waals surface area contributed by atoms with Crippen LogP contribution in [0.15, 0.2) is 79.4 Å². The first-order chi connectivity index (χ1) is 12.6. The van der Waals surface area contributed by atoms with Crippen molar-refractivity contribution in [1.82, 2.24) is 4.57 Å². The molecule has 1 heterocycles. The highest BCUT2D eigenvalue weighted by Gasteiger charge is 2.25. The van der Waals surface area contributed by atoms with Gasteiger partial charge in [0.15, 0.2) is 0 Å². The first-order valence-corrected chi connectivity index (χ1v) is 9.01. The number of para-hydroxylation sites is 1. The minimum atomic E-state index is -0.122. The molecule has 1 aliphatic rings. The fraction of sp³-hybridized carbons (Fsp3) is 0.120. The maximum Gasteiger partial charge on any atom is 0.0534 e. The molecular formula is C25H23N. The predicted molar refractivity (Wildman–Crippen MR) is 112 cm³/mol. The first-order valence-electron chi connectivity index (χ1n) is 9.01. The third kappa shape index (κ3) is 2.57. The van der Waals surface area contributed by atoms with Gasteiger partial charge in [0.05, 0.1) is 5.69 Å². The van der Waals surface area contributed by atoms with Gasteiger partial charge in [-0.2, -0.15) is 0 Å². The summed E-state index contributed by atoms with van der Waals surface area (Å²) < 4.78 is 2.30. The molecule has 0 radical (unpaired) electrons. The molecule has 0 aliphatic heterocycles. The van der Waals surface area contributed by atoms with Crippen molar-refractivity contribution in [3.63, 3.8) is 0 Å². The van der Waals surface area contributed by atoms with Gasteiger partial charge in [-0.1, -0.05) is 73.3 Å². The second-order valence-corrected chi connectivity index (χ2v) is 7.00. The number of hydrogen-bond acceptors (Lipinski definition) is 0. The molecule has 128 valence electrons. The monoisotopic (exact) mass is 337 g/mol. The topological polar surface area (TPSA) is 4.93 Å². The van der Waals surface area contributed by atoms with E-state index in [-0.39, 0.29) is 5.41 Å². The summed E-state index contributed by atoms with van der Waals surface area (Å²) in [5, 5.41) is 0. The molecule has 1 aromatic heterocycles. The normalized spacial score (nSPS) is 18.4. The van der Waals surface area contributed by atoms with Crippen LogP contribution in [0.4, 0.5) is 0 Å². The van der Waals surface area contributed by atoms with Crippen molar-refractivity contribution < 1.29 is 0 Å². The lowest BCUT2D eigenvalue weighted by Gasteiger charge is -2.22. The molecule has 26 heavy (non-hydrogen) atoms. The Morgan fingerprint density at radius 1 is 0.885 bits per heavy atom. The summed E-state index contributed by atoms with van der Waals surface area (Å²) in [6.45, 7) is 8.49. The Labute approximate surface area is 155 Å². The molecule has 1 atom stereocenters. The zero-order chi connectivity index (χ0) is 18.1. The van der Waals surface area contributed by atoms with Gasteiger partial charge >= 0.3 is 0 Å². The van der Waals surface area contributed by atoms with Crippen molar-refractivity contribution in [2.75, 3.05) is 0 Å². The highest BCUT2D eigenvalue weighted by atomic mass is 15.0. The molecule has 4 rings (SSSR count). The van der Waals surface area contributed by atoms with E-state index < -0.39 is 0 Å². The van der Waals surface area contributed by atoms with Gasteiger partial charge in [0, 0.05) is 22.4 Å². The molecule has 3 aromatic rings. The van der Waals surface area contributed by atoms with Crippen LogP contribution < -0.4 is 0 Å². The van der Waals surface area contributed by atoms with Crippen LogP contribution in [-0.4, -0.2) is 4.57 Å². The van der Waals surface area contributed by atoms with E-state index in [1.54, 1.807) is 0 Å². The van der Waals surface area contributed by atoms with E-state index in [4.69, 9.17) is 0 Å². The van der Waals surface area contributed by atoms with Gasteiger partial charge in [-0.3, -0.25) is 0 Å². The zero-order valence-electron chi connectivity index (χ0n) is 15.3. The van der Waals surface area contributed by atoms with Gasteiger partial charge in [0.1, 0.15) is 0 Å². The minimum absolute atomic E-state index is 0.122. The number of nitrogens with zero attached hydrogens (tertiary/aromatic N) is 1. The molecule has 1 unspecified atom stereocenters. The van der Waals surface area contributed by atoms with Crippen molar-refractivity contribution in [2.45, 2.75) is 19.3 Å². The van der Waals surface area contributed by atoms with Crippen LogP contribution in [0.3, 0.4) is 0 Å². The Morgan fingerprint density at radius 2 is 1.50 bits per heavy atom. The van der Waals surface area contributed by atoms with Crippen LogP contribution in [-0.2, 0) is 5.41 Å². The average molecular weight is 337 g/mol. The number of hydrogen-bond donors (Lipinski definition) is 0. The van der Waals surface area contributed by atoms with Crippen LogP contribution in [0.2, 0.25) is 0 Å². The summed E-state index contributed by atoms with van der Waals surface area (Å²) in [6, 6.07) is 21.1. The van der Waals surface area contributed by atoms with Crippen LogP contribution in [0, 0.1) is 6.92 Å². The van der Waals surface area contributed by atoms with E-state index in [0.717, 1.165) is 11.4 Å². The molecule has 0 N–H and O–H groups in total. The van der Waals surface area contributed by atoms with Gasteiger partial charge < -0.3 is 4.57 Å². The molecule has 2 aromatic carbocycles. The van der Waals surface area contributed by atoms with Crippen LogP contribution >= 0.6 is 0 Å². The fourth-order valence-corrected chi connectivity index (χ4v) is 3.78. The van der Waals surface area contributed by atoms with Gasteiger partial charge in [0.2, 0.25) is 0 Å². The Balaban J connectivity index is 1.92. The van der Waals surface area contributed by atoms with E-state index in [0.29, 0.717) is 0 Å². The van der Waals surface area contributed by atoms with Crippen molar-refractivity contribution in [2.24, 2.45) is 0 Å². The van der Waals surface area contributed by atoms with Gasteiger partial charge in [0.25, 0.3) is 0 Å². The summed E-state index contributed by atoms with van der Waals surface area (Å²) in [5.41, 5.74) is 7.22. The maximum absolute atomic E-state index is 4.05. The maximum atomic E-state index is 4.05. The Hall–Kier alpha value is -3.06. The molecule has 1 heteroatoms. The largest absolute Gasteiger partial charge is 0.310 e. The highest BCUT2D eigenvalue weighted by molar-refractivity contribution is 5.77. The third-order valence-corrected chi connectivity index (χ3v) is 5.33. The summed E-state index contributed by atoms with van der Waals surface area (Å²) in [5.74, 6) is 0. The zero-order valence-corrected chi connectivity index (χ0v) is 15.3. The molecule has 0 spiro atoms. The van der Waals surface area contributed by atoms with Crippen LogP contribution in [0.25, 0.3) is 23.9 Å². The molecule has 0 saturated carbocycles. The molecule has 1 nitrogen and oxygen atoms in total. The number of aromatic nitrogens is 1. The van der Waals surface area contributed by atoms with E-state index in [1.807, 2.05) is 12.1 Å². The highest BCUT2D eigenvalue weighted by Crippen LogP contribution is 2.36. The number of rotatable bonds is 3. The third-order valence-electron chi connectivity index (χ3n) is 5.33. The number of benzene rings is 2. The van der Waals surface area contributed by atoms with Crippen LogP contribution in [0.1, 0.15) is 35.0 Å². The minimum Gasteiger partial charge on any atom is -0.310 e. The standard InChI is InChI=1S/C25H23N/c1-4-23-19(2)22-15-17-25(3,20-11-7-5-8-12-20)18-16-24(22)26(23)21-13-9-6-10-14-21/h4-18H,1H2,2-3H3. The van der Waals surface area contributed by atoms with Gasteiger partial charge in [-0.15, -0.1) is 0 Å². The molecule has 0 bridgehead atoms. The first kappa shape index (κ1) is 16.4. The smallest absolute Gasteiger partial charge is 0.0534 e. The molecular weight excluding hydrogens is 314 g/mol. The molecule has 0 fully saturated rings. The number of fused-ring (bicyclic) bond motifs is 1. The van der Waals surface area contributed by atoms with E-state index >= 15 is 0 Å². The Morgan fingerprint density at radius 3 is 2.15 bits per heavy atom. The summed E-state index contributed by atoms with van der Waals surface area (Å²) in [6.07, 6.45) is 11.1. The lowest BCUT2D eigenvalue weighted by molar-refractivity contribution is 0.766. The quantitative estimate of drug-likeness (QED) is 0.519. The van der Waals surface area contributed by atoms with Gasteiger partial charge in [-0.05, 0) is 49.3 Å². The van der Waals surface area contributed by atoms with E-state index in [9.17, 15) is 0 Å². The van der Waals surface area contributed by atoms with E-state index in [2.05, 4.69) is 104 Å². The predicted octanol–water partition coefficient (Wildman–Crippen LogP) is 6.43. The molecule has 0 amide bonds. The van der Waals surface area contributed by atoms with Gasteiger partial charge in [-0.25, -0.2) is 0 Å². The van der Waals surface area contributed by atoms with Crippen molar-refractivity contribution >= 4 is 18.2 Å². The SMILES string of the molecule is C=Cc1c(C)c2c(n1-c1ccccc1)C=CC(C)(c1ccccc1)C=C2. The second-order valence-electron chi connectivity index (χ2n) is 7.00. The summed E-state index contributed by atoms with van der Waals surface area (Å²) >= 11 is 0. The van der Waals surface area contributed by atoms with E-state index in [1.165, 1.54) is 22.4 Å². The Bertz CT molecular complexity index is 1000. The van der Waals surface area contributed by atoms with Crippen molar-refractivity contribution in [3.05, 3.63) is 107 Å². The summed E-state index contributed by atoms with van der Waals surface area (Å²) in [7, 11) is 0.